The van der Waals surface area contributed by atoms with Crippen molar-refractivity contribution in [2.45, 2.75) is 5.75 Å². The Labute approximate surface area is 63.5 Å². The molecular formula is C5H5N3O2S. The largest absolute Gasteiger partial charge is 0.265 e. The number of hydrogen-bond acceptors (Lipinski definition) is 4. The summed E-state index contributed by atoms with van der Waals surface area (Å²) in [5.74, 6) is 0.295. The van der Waals surface area contributed by atoms with E-state index >= 15 is 0 Å². The fraction of sp³-hybridized carbons (Fsp3) is 0.200. The molecule has 0 spiro atoms. The molecule has 0 saturated carbocycles. The van der Waals surface area contributed by atoms with Crippen LogP contribution in [-0.4, -0.2) is 18.4 Å². The highest BCUT2D eigenvalue weighted by atomic mass is 32.2. The fourth-order valence-electron chi connectivity index (χ4n) is 0.921. The van der Waals surface area contributed by atoms with Gasteiger partial charge in [0.25, 0.3) is 0 Å². The van der Waals surface area contributed by atoms with Crippen LogP contribution in [0.15, 0.2) is 12.4 Å². The summed E-state index contributed by atoms with van der Waals surface area (Å²) in [5.41, 5.74) is 0.493. The van der Waals surface area contributed by atoms with Crippen LogP contribution in [0.25, 0.3) is 0 Å². The number of nitrogens with one attached hydrogen (secondary N) is 1. The molecule has 2 heterocycles. The van der Waals surface area contributed by atoms with Crippen molar-refractivity contribution in [3.8, 4) is 0 Å². The second kappa shape index (κ2) is 1.91. The van der Waals surface area contributed by atoms with Crippen LogP contribution in [0.4, 0.5) is 5.82 Å². The first-order valence-corrected chi connectivity index (χ1v) is 4.63. The van der Waals surface area contributed by atoms with Crippen molar-refractivity contribution in [1.82, 2.24) is 9.97 Å². The van der Waals surface area contributed by atoms with Gasteiger partial charge in [0.1, 0.15) is 11.4 Å². The van der Waals surface area contributed by atoms with E-state index in [1.807, 2.05) is 0 Å². The quantitative estimate of drug-likeness (QED) is 0.583. The summed E-state index contributed by atoms with van der Waals surface area (Å²) in [5, 5.41) is 0. The monoisotopic (exact) mass is 171 g/mol. The number of nitrogens with zero attached hydrogens (tertiary/aromatic N) is 2. The Balaban J connectivity index is 2.57. The van der Waals surface area contributed by atoms with E-state index < -0.39 is 10.0 Å². The SMILES string of the molecule is O=S1(=O)Cc2nccnc2N1. The van der Waals surface area contributed by atoms with Crippen LogP contribution in [-0.2, 0) is 15.8 Å². The molecule has 5 nitrogen and oxygen atoms in total. The predicted molar refractivity (Wildman–Crippen MR) is 38.3 cm³/mol. The smallest absolute Gasteiger partial charge is 0.239 e. The standard InChI is InChI=1S/C5H5N3O2S/c9-11(10)3-4-5(8-11)7-2-1-6-4/h1-2H,3H2,(H,7,8). The van der Waals surface area contributed by atoms with Crippen molar-refractivity contribution >= 4 is 15.8 Å². The molecule has 0 saturated heterocycles. The van der Waals surface area contributed by atoms with Gasteiger partial charge in [0.15, 0.2) is 5.82 Å². The van der Waals surface area contributed by atoms with Crippen molar-refractivity contribution in [3.63, 3.8) is 0 Å². The first-order chi connectivity index (χ1) is 5.17. The van der Waals surface area contributed by atoms with Crippen LogP contribution in [0.3, 0.4) is 0 Å². The molecule has 1 aliphatic rings. The molecule has 0 fully saturated rings. The molecule has 0 amide bonds. The number of anilines is 1. The third kappa shape index (κ3) is 1.05. The van der Waals surface area contributed by atoms with Crippen molar-refractivity contribution in [2.24, 2.45) is 0 Å². The molecule has 1 aromatic rings. The van der Waals surface area contributed by atoms with E-state index in [4.69, 9.17) is 0 Å². The van der Waals surface area contributed by atoms with Gasteiger partial charge < -0.3 is 0 Å². The van der Waals surface area contributed by atoms with Gasteiger partial charge >= 0.3 is 0 Å². The second-order valence-corrected chi connectivity index (χ2v) is 3.94. The minimum atomic E-state index is -3.18. The Morgan fingerprint density at radius 3 is 2.82 bits per heavy atom. The van der Waals surface area contributed by atoms with Gasteiger partial charge in [-0.2, -0.15) is 0 Å². The molecule has 0 unspecified atom stereocenters. The van der Waals surface area contributed by atoms with Crippen LogP contribution in [0.1, 0.15) is 5.69 Å². The topological polar surface area (TPSA) is 72.0 Å². The molecule has 0 bridgehead atoms. The van der Waals surface area contributed by atoms with Gasteiger partial charge in [0.05, 0.1) is 0 Å². The Bertz CT molecular complexity index is 355. The molecule has 0 radical (unpaired) electrons. The lowest BCUT2D eigenvalue weighted by atomic mass is 10.5. The number of fused-ring (bicyclic) bond motifs is 1. The van der Waals surface area contributed by atoms with Gasteiger partial charge in [-0.15, -0.1) is 0 Å². The average Bonchev–Trinajstić information content (AvgIpc) is 2.21. The predicted octanol–water partition coefficient (Wildman–Crippen LogP) is -0.268. The Morgan fingerprint density at radius 1 is 1.36 bits per heavy atom. The van der Waals surface area contributed by atoms with E-state index in [9.17, 15) is 8.42 Å². The number of hydrogen-bond donors (Lipinski definition) is 1. The zero-order valence-corrected chi connectivity index (χ0v) is 6.30. The highest BCUT2D eigenvalue weighted by molar-refractivity contribution is 7.92. The van der Waals surface area contributed by atoms with E-state index in [-0.39, 0.29) is 5.75 Å². The van der Waals surface area contributed by atoms with Crippen LogP contribution in [0.5, 0.6) is 0 Å². The van der Waals surface area contributed by atoms with Crippen molar-refractivity contribution in [3.05, 3.63) is 18.1 Å². The van der Waals surface area contributed by atoms with E-state index in [2.05, 4.69) is 14.7 Å². The summed E-state index contributed by atoms with van der Waals surface area (Å²) < 4.78 is 24.1. The molecule has 58 valence electrons. The maximum atomic E-state index is 10.9. The van der Waals surface area contributed by atoms with Gasteiger partial charge in [-0.25, -0.2) is 13.4 Å². The van der Waals surface area contributed by atoms with E-state index in [0.29, 0.717) is 11.5 Å². The highest BCUT2D eigenvalue weighted by Gasteiger charge is 2.25. The summed E-state index contributed by atoms with van der Waals surface area (Å²) in [6.07, 6.45) is 2.92. The van der Waals surface area contributed by atoms with Crippen molar-refractivity contribution in [2.75, 3.05) is 4.72 Å². The molecule has 1 N–H and O–H groups in total. The third-order valence-electron chi connectivity index (χ3n) is 1.35. The minimum absolute atomic E-state index is 0.0594. The van der Waals surface area contributed by atoms with E-state index in [0.717, 1.165) is 0 Å². The lowest BCUT2D eigenvalue weighted by Gasteiger charge is -1.91. The fourth-order valence-corrected chi connectivity index (χ4v) is 2.03. The van der Waals surface area contributed by atoms with Gasteiger partial charge in [-0.05, 0) is 0 Å². The van der Waals surface area contributed by atoms with E-state index in [1.54, 1.807) is 0 Å². The second-order valence-electron chi connectivity index (χ2n) is 2.21. The average molecular weight is 171 g/mol. The lowest BCUT2D eigenvalue weighted by Crippen LogP contribution is -2.05. The number of rotatable bonds is 0. The molecule has 0 atom stereocenters. The zero-order valence-electron chi connectivity index (χ0n) is 5.48. The van der Waals surface area contributed by atoms with Crippen molar-refractivity contribution < 1.29 is 8.42 Å². The van der Waals surface area contributed by atoms with Gasteiger partial charge in [0, 0.05) is 12.4 Å². The summed E-state index contributed by atoms with van der Waals surface area (Å²) in [4.78, 5) is 7.65. The third-order valence-corrected chi connectivity index (χ3v) is 2.51. The first-order valence-electron chi connectivity index (χ1n) is 2.98. The van der Waals surface area contributed by atoms with Gasteiger partial charge in [0.2, 0.25) is 10.0 Å². The minimum Gasteiger partial charge on any atom is -0.265 e. The maximum absolute atomic E-state index is 10.9. The van der Waals surface area contributed by atoms with Gasteiger partial charge in [-0.1, -0.05) is 0 Å². The first kappa shape index (κ1) is 6.53. The summed E-state index contributed by atoms with van der Waals surface area (Å²) in [6, 6.07) is 0. The molecule has 2 rings (SSSR count). The summed E-state index contributed by atoms with van der Waals surface area (Å²) >= 11 is 0. The molecule has 1 aliphatic heterocycles. The number of sulfonamides is 1. The summed E-state index contributed by atoms with van der Waals surface area (Å²) in [7, 11) is -3.18. The van der Waals surface area contributed by atoms with Crippen molar-refractivity contribution in [1.29, 1.82) is 0 Å². The Kier molecular flexibility index (Phi) is 1.14. The lowest BCUT2D eigenvalue weighted by molar-refractivity contribution is 0.602. The Hall–Kier alpha value is -1.17. The highest BCUT2D eigenvalue weighted by Crippen LogP contribution is 2.20. The molecule has 6 heteroatoms. The molecule has 1 aromatic heterocycles. The Morgan fingerprint density at radius 2 is 2.09 bits per heavy atom. The summed E-state index contributed by atoms with van der Waals surface area (Å²) in [6.45, 7) is 0. The van der Waals surface area contributed by atoms with Crippen LogP contribution in [0, 0.1) is 0 Å². The van der Waals surface area contributed by atoms with E-state index in [1.165, 1.54) is 12.4 Å². The maximum Gasteiger partial charge on any atom is 0.239 e. The van der Waals surface area contributed by atoms with Crippen LogP contribution >= 0.6 is 0 Å². The zero-order chi connectivity index (χ0) is 7.90. The molecule has 0 aromatic carbocycles. The van der Waals surface area contributed by atoms with Crippen LogP contribution < -0.4 is 4.72 Å². The molecule has 0 aliphatic carbocycles. The molecule has 11 heavy (non-hydrogen) atoms. The van der Waals surface area contributed by atoms with Crippen LogP contribution in [0.2, 0.25) is 0 Å². The molecular weight excluding hydrogens is 166 g/mol. The normalized spacial score (nSPS) is 18.9. The number of aromatic nitrogens is 2. The van der Waals surface area contributed by atoms with Gasteiger partial charge in [-0.3, -0.25) is 9.71 Å².